The molecule has 0 saturated heterocycles. The van der Waals surface area contributed by atoms with Crippen LogP contribution >= 0.6 is 0 Å². The Bertz CT molecular complexity index is 430. The summed E-state index contributed by atoms with van der Waals surface area (Å²) in [5.41, 5.74) is 7.28. The van der Waals surface area contributed by atoms with Crippen molar-refractivity contribution in [2.75, 3.05) is 30.8 Å². The van der Waals surface area contributed by atoms with E-state index in [4.69, 9.17) is 5.73 Å². The number of rotatable bonds is 8. The van der Waals surface area contributed by atoms with Crippen LogP contribution in [0.2, 0.25) is 0 Å². The molecular formula is C17H29N3O. The van der Waals surface area contributed by atoms with E-state index in [2.05, 4.69) is 25.7 Å². The Balaban J connectivity index is 2.69. The lowest BCUT2D eigenvalue weighted by Gasteiger charge is -2.29. The third-order valence-corrected chi connectivity index (χ3v) is 4.01. The van der Waals surface area contributed by atoms with Gasteiger partial charge in [-0.1, -0.05) is 20.3 Å². The molecule has 0 radical (unpaired) electrons. The zero-order valence-corrected chi connectivity index (χ0v) is 13.8. The second-order valence-electron chi connectivity index (χ2n) is 5.63. The number of anilines is 2. The first kappa shape index (κ1) is 17.5. The fourth-order valence-corrected chi connectivity index (χ4v) is 2.20. The number of amides is 1. The van der Waals surface area contributed by atoms with Gasteiger partial charge in [-0.25, -0.2) is 0 Å². The van der Waals surface area contributed by atoms with Crippen molar-refractivity contribution in [3.05, 3.63) is 24.3 Å². The molecule has 0 aromatic heterocycles. The third-order valence-electron chi connectivity index (χ3n) is 4.01. The zero-order valence-electron chi connectivity index (χ0n) is 13.8. The quantitative estimate of drug-likeness (QED) is 0.749. The van der Waals surface area contributed by atoms with Crippen molar-refractivity contribution in [1.29, 1.82) is 0 Å². The van der Waals surface area contributed by atoms with Gasteiger partial charge in [0.15, 0.2) is 0 Å². The van der Waals surface area contributed by atoms with E-state index in [9.17, 15) is 4.79 Å². The van der Waals surface area contributed by atoms with Crippen molar-refractivity contribution < 1.29 is 4.79 Å². The van der Waals surface area contributed by atoms with E-state index >= 15 is 0 Å². The van der Waals surface area contributed by atoms with Crippen LogP contribution in [0.5, 0.6) is 0 Å². The van der Waals surface area contributed by atoms with Crippen molar-refractivity contribution in [3.8, 4) is 0 Å². The molecule has 0 bridgehead atoms. The molecule has 4 nitrogen and oxygen atoms in total. The smallest absolute Gasteiger partial charge is 0.240 e. The summed E-state index contributed by atoms with van der Waals surface area (Å²) < 4.78 is 0. The monoisotopic (exact) mass is 291 g/mol. The maximum Gasteiger partial charge on any atom is 0.240 e. The van der Waals surface area contributed by atoms with Gasteiger partial charge >= 0.3 is 0 Å². The highest BCUT2D eigenvalue weighted by molar-refractivity contribution is 5.94. The van der Waals surface area contributed by atoms with E-state index in [1.807, 2.05) is 31.3 Å². The Morgan fingerprint density at radius 2 is 1.86 bits per heavy atom. The van der Waals surface area contributed by atoms with Gasteiger partial charge in [-0.3, -0.25) is 9.69 Å². The lowest BCUT2D eigenvalue weighted by atomic mass is 10.2. The van der Waals surface area contributed by atoms with E-state index in [1.54, 1.807) is 4.90 Å². The Kier molecular flexibility index (Phi) is 7.23. The van der Waals surface area contributed by atoms with Gasteiger partial charge in [0, 0.05) is 24.5 Å². The van der Waals surface area contributed by atoms with Crippen molar-refractivity contribution in [2.45, 2.75) is 46.1 Å². The van der Waals surface area contributed by atoms with Crippen molar-refractivity contribution in [1.82, 2.24) is 4.90 Å². The number of benzene rings is 1. The standard InChI is InChI=1S/C17H29N3O/c1-5-7-12-20(14(3)6-2)13-17(21)19(4)16-10-8-15(18)9-11-16/h8-11,14H,5-7,12-13,18H2,1-4H3. The summed E-state index contributed by atoms with van der Waals surface area (Å²) in [6.45, 7) is 7.98. The van der Waals surface area contributed by atoms with Crippen molar-refractivity contribution >= 4 is 17.3 Å². The topological polar surface area (TPSA) is 49.6 Å². The number of unbranched alkanes of at least 4 members (excludes halogenated alkanes) is 1. The number of hydrogen-bond donors (Lipinski definition) is 1. The van der Waals surface area contributed by atoms with Crippen LogP contribution < -0.4 is 10.6 Å². The minimum atomic E-state index is 0.121. The Hall–Kier alpha value is -1.55. The molecule has 2 N–H and O–H groups in total. The van der Waals surface area contributed by atoms with Crippen LogP contribution in [0, 0.1) is 0 Å². The molecular weight excluding hydrogens is 262 g/mol. The molecule has 4 heteroatoms. The highest BCUT2D eigenvalue weighted by atomic mass is 16.2. The average Bonchev–Trinajstić information content (AvgIpc) is 2.50. The molecule has 0 spiro atoms. The molecule has 0 aliphatic heterocycles. The normalized spacial score (nSPS) is 12.4. The van der Waals surface area contributed by atoms with Gasteiger partial charge in [-0.15, -0.1) is 0 Å². The maximum absolute atomic E-state index is 12.5. The molecule has 0 aliphatic rings. The summed E-state index contributed by atoms with van der Waals surface area (Å²) in [5.74, 6) is 0.121. The molecule has 1 amide bonds. The summed E-state index contributed by atoms with van der Waals surface area (Å²) >= 11 is 0. The number of hydrogen-bond acceptors (Lipinski definition) is 3. The molecule has 118 valence electrons. The number of likely N-dealkylation sites (N-methyl/N-ethyl adjacent to an activating group) is 1. The van der Waals surface area contributed by atoms with Crippen LogP contribution in [0.15, 0.2) is 24.3 Å². The van der Waals surface area contributed by atoms with Crippen LogP contribution in [-0.4, -0.2) is 37.0 Å². The van der Waals surface area contributed by atoms with Gasteiger partial charge in [-0.05, 0) is 50.6 Å². The van der Waals surface area contributed by atoms with E-state index in [-0.39, 0.29) is 5.91 Å². The average molecular weight is 291 g/mol. The van der Waals surface area contributed by atoms with Crippen molar-refractivity contribution in [2.24, 2.45) is 0 Å². The van der Waals surface area contributed by atoms with E-state index in [0.29, 0.717) is 18.3 Å². The molecule has 1 unspecified atom stereocenters. The minimum absolute atomic E-state index is 0.121. The molecule has 0 aliphatic carbocycles. The summed E-state index contributed by atoms with van der Waals surface area (Å²) in [6.07, 6.45) is 3.33. The summed E-state index contributed by atoms with van der Waals surface area (Å²) in [6, 6.07) is 7.84. The number of carbonyl (C=O) groups excluding carboxylic acids is 1. The molecule has 1 atom stereocenters. The minimum Gasteiger partial charge on any atom is -0.399 e. The van der Waals surface area contributed by atoms with E-state index in [0.717, 1.165) is 31.5 Å². The zero-order chi connectivity index (χ0) is 15.8. The van der Waals surface area contributed by atoms with E-state index < -0.39 is 0 Å². The molecule has 21 heavy (non-hydrogen) atoms. The second-order valence-corrected chi connectivity index (χ2v) is 5.63. The molecule has 0 saturated carbocycles. The highest BCUT2D eigenvalue weighted by Crippen LogP contribution is 2.16. The Morgan fingerprint density at radius 3 is 2.38 bits per heavy atom. The van der Waals surface area contributed by atoms with Crippen LogP contribution in [-0.2, 0) is 4.79 Å². The van der Waals surface area contributed by atoms with Crippen LogP contribution in [0.1, 0.15) is 40.0 Å². The first-order chi connectivity index (χ1) is 9.99. The summed E-state index contributed by atoms with van der Waals surface area (Å²) in [5, 5.41) is 0. The largest absolute Gasteiger partial charge is 0.399 e. The summed E-state index contributed by atoms with van der Waals surface area (Å²) in [7, 11) is 1.82. The number of nitrogen functional groups attached to an aromatic ring is 1. The predicted molar refractivity (Wildman–Crippen MR) is 90.5 cm³/mol. The van der Waals surface area contributed by atoms with Crippen LogP contribution in [0.4, 0.5) is 11.4 Å². The number of carbonyl (C=O) groups is 1. The van der Waals surface area contributed by atoms with Crippen LogP contribution in [0.3, 0.4) is 0 Å². The third kappa shape index (κ3) is 5.38. The van der Waals surface area contributed by atoms with Crippen LogP contribution in [0.25, 0.3) is 0 Å². The fraction of sp³-hybridized carbons (Fsp3) is 0.588. The summed E-state index contributed by atoms with van der Waals surface area (Å²) in [4.78, 5) is 16.5. The van der Waals surface area contributed by atoms with Gasteiger partial charge in [0.1, 0.15) is 0 Å². The highest BCUT2D eigenvalue weighted by Gasteiger charge is 2.18. The van der Waals surface area contributed by atoms with Gasteiger partial charge in [0.25, 0.3) is 0 Å². The Labute approximate surface area is 128 Å². The van der Waals surface area contributed by atoms with Crippen molar-refractivity contribution in [3.63, 3.8) is 0 Å². The number of nitrogens with zero attached hydrogens (tertiary/aromatic N) is 2. The maximum atomic E-state index is 12.5. The molecule has 0 heterocycles. The van der Waals surface area contributed by atoms with Gasteiger partial charge in [0.05, 0.1) is 6.54 Å². The van der Waals surface area contributed by atoms with Gasteiger partial charge < -0.3 is 10.6 Å². The Morgan fingerprint density at radius 1 is 1.24 bits per heavy atom. The van der Waals surface area contributed by atoms with E-state index in [1.165, 1.54) is 0 Å². The molecule has 0 fully saturated rings. The molecule has 1 aromatic carbocycles. The van der Waals surface area contributed by atoms with Gasteiger partial charge in [0.2, 0.25) is 5.91 Å². The lowest BCUT2D eigenvalue weighted by Crippen LogP contribution is -2.43. The fourth-order valence-electron chi connectivity index (χ4n) is 2.20. The first-order valence-electron chi connectivity index (χ1n) is 7.85. The molecule has 1 aromatic rings. The molecule has 1 rings (SSSR count). The SMILES string of the molecule is CCCCN(CC(=O)N(C)c1ccc(N)cc1)C(C)CC. The predicted octanol–water partition coefficient (Wildman–Crippen LogP) is 3.13. The lowest BCUT2D eigenvalue weighted by molar-refractivity contribution is -0.120. The second kappa shape index (κ2) is 8.67. The first-order valence-corrected chi connectivity index (χ1v) is 7.85. The van der Waals surface area contributed by atoms with Gasteiger partial charge in [-0.2, -0.15) is 0 Å². The number of nitrogens with two attached hydrogens (primary N) is 1.